The molecule has 3 atom stereocenters. The molecule has 1 saturated carbocycles. The van der Waals surface area contributed by atoms with Gasteiger partial charge < -0.3 is 15.8 Å². The number of hydrogen-bond donors (Lipinski definition) is 2. The van der Waals surface area contributed by atoms with Crippen LogP contribution in [-0.4, -0.2) is 24.2 Å². The third kappa shape index (κ3) is 1.98. The summed E-state index contributed by atoms with van der Waals surface area (Å²) in [5.74, 6) is -0.0124. The summed E-state index contributed by atoms with van der Waals surface area (Å²) in [7, 11) is 0. The molecule has 2 fully saturated rings. The predicted molar refractivity (Wildman–Crippen MR) is 86.1 cm³/mol. The van der Waals surface area contributed by atoms with Crippen LogP contribution in [0.4, 0.5) is 5.69 Å². The third-order valence-corrected chi connectivity index (χ3v) is 5.89. The Hall–Kier alpha value is -0.910. The van der Waals surface area contributed by atoms with Crippen molar-refractivity contribution < 1.29 is 9.53 Å². The second kappa shape index (κ2) is 4.80. The van der Waals surface area contributed by atoms with Gasteiger partial charge in [0.15, 0.2) is 0 Å². The number of benzene rings is 1. The molecule has 0 radical (unpaired) electrons. The minimum Gasteiger partial charge on any atom is -0.377 e. The summed E-state index contributed by atoms with van der Waals surface area (Å²) in [4.78, 5) is 12.8. The Kier molecular flexibility index (Phi) is 3.43. The number of amides is 1. The smallest absolute Gasteiger partial charge is 0.245 e. The molecule has 21 heavy (non-hydrogen) atoms. The summed E-state index contributed by atoms with van der Waals surface area (Å²) in [6.45, 7) is 6.72. The topological polar surface area (TPSA) is 64.4 Å². The molecular formula is C16H21BrN2O2. The van der Waals surface area contributed by atoms with Crippen molar-refractivity contribution in [3.05, 3.63) is 28.2 Å². The lowest BCUT2D eigenvalue weighted by Gasteiger charge is -2.60. The number of fused-ring (bicyclic) bond motifs is 1. The number of nitrogens with two attached hydrogens (primary N) is 1. The molecule has 0 spiro atoms. The average molecular weight is 353 g/mol. The molecule has 2 aliphatic rings. The summed E-state index contributed by atoms with van der Waals surface area (Å²) in [6.07, 6.45) is 0.946. The fourth-order valence-corrected chi connectivity index (χ4v) is 4.15. The van der Waals surface area contributed by atoms with E-state index in [4.69, 9.17) is 10.5 Å². The fraction of sp³-hybridized carbons (Fsp3) is 0.562. The monoisotopic (exact) mass is 352 g/mol. The molecule has 1 aliphatic carbocycles. The lowest BCUT2D eigenvalue weighted by Crippen LogP contribution is -2.79. The number of rotatable bonds is 2. The first-order valence-corrected chi connectivity index (χ1v) is 8.06. The van der Waals surface area contributed by atoms with Crippen molar-refractivity contribution in [1.29, 1.82) is 0 Å². The van der Waals surface area contributed by atoms with E-state index in [-0.39, 0.29) is 23.3 Å². The Morgan fingerprint density at radius 1 is 1.48 bits per heavy atom. The number of carbonyl (C=O) groups is 1. The van der Waals surface area contributed by atoms with E-state index in [0.29, 0.717) is 6.61 Å². The van der Waals surface area contributed by atoms with Crippen molar-refractivity contribution in [2.45, 2.75) is 38.8 Å². The van der Waals surface area contributed by atoms with Gasteiger partial charge in [0.05, 0.1) is 11.8 Å². The van der Waals surface area contributed by atoms with Crippen molar-refractivity contribution in [2.24, 2.45) is 17.1 Å². The minimum atomic E-state index is -0.878. The van der Waals surface area contributed by atoms with E-state index in [1.165, 1.54) is 0 Å². The predicted octanol–water partition coefficient (Wildman–Crippen LogP) is 2.84. The van der Waals surface area contributed by atoms with Crippen LogP contribution < -0.4 is 11.1 Å². The minimum absolute atomic E-state index is 0.0919. The van der Waals surface area contributed by atoms with Gasteiger partial charge in [-0.2, -0.15) is 0 Å². The highest BCUT2D eigenvalue weighted by molar-refractivity contribution is 9.10. The van der Waals surface area contributed by atoms with Crippen LogP contribution in [0.25, 0.3) is 0 Å². The van der Waals surface area contributed by atoms with Crippen molar-refractivity contribution in [1.82, 2.24) is 0 Å². The number of aryl methyl sites for hydroxylation is 1. The second-order valence-electron chi connectivity index (χ2n) is 6.71. The maximum atomic E-state index is 12.8. The SMILES string of the molecule is Cc1ccc(Br)c(NC(=O)C2(N)C3CCOC3C2(C)C)c1. The Morgan fingerprint density at radius 2 is 2.19 bits per heavy atom. The van der Waals surface area contributed by atoms with Crippen LogP contribution >= 0.6 is 15.9 Å². The maximum Gasteiger partial charge on any atom is 0.245 e. The van der Waals surface area contributed by atoms with Gasteiger partial charge in [0, 0.05) is 22.4 Å². The van der Waals surface area contributed by atoms with Crippen molar-refractivity contribution in [3.63, 3.8) is 0 Å². The van der Waals surface area contributed by atoms with Crippen molar-refractivity contribution in [3.8, 4) is 0 Å². The molecule has 1 amide bonds. The van der Waals surface area contributed by atoms with Crippen LogP contribution in [0.5, 0.6) is 0 Å². The number of anilines is 1. The van der Waals surface area contributed by atoms with E-state index in [9.17, 15) is 4.79 Å². The van der Waals surface area contributed by atoms with Gasteiger partial charge in [0.2, 0.25) is 5.91 Å². The molecule has 1 aromatic carbocycles. The van der Waals surface area contributed by atoms with E-state index in [1.807, 2.05) is 39.0 Å². The molecule has 5 heteroatoms. The molecule has 114 valence electrons. The van der Waals surface area contributed by atoms with Gasteiger partial charge in [-0.3, -0.25) is 4.79 Å². The second-order valence-corrected chi connectivity index (χ2v) is 7.57. The highest BCUT2D eigenvalue weighted by atomic mass is 79.9. The van der Waals surface area contributed by atoms with E-state index in [1.54, 1.807) is 0 Å². The standard InChI is InChI=1S/C16H21BrN2O2/c1-9-4-5-11(17)12(8-9)19-14(20)16(18)10-6-7-21-13(10)15(16,2)3/h4-5,8,10,13H,6-7,18H2,1-3H3,(H,19,20). The van der Waals surface area contributed by atoms with Crippen LogP contribution in [0, 0.1) is 18.3 Å². The van der Waals surface area contributed by atoms with Gasteiger partial charge in [-0.25, -0.2) is 0 Å². The Balaban J connectivity index is 1.87. The molecular weight excluding hydrogens is 332 g/mol. The van der Waals surface area contributed by atoms with Gasteiger partial charge in [-0.15, -0.1) is 0 Å². The highest BCUT2D eigenvalue weighted by Crippen LogP contribution is 2.58. The van der Waals surface area contributed by atoms with Crippen molar-refractivity contribution >= 4 is 27.5 Å². The zero-order valence-electron chi connectivity index (χ0n) is 12.6. The van der Waals surface area contributed by atoms with Gasteiger partial charge in [-0.1, -0.05) is 19.9 Å². The quantitative estimate of drug-likeness (QED) is 0.859. The molecule has 1 heterocycles. The molecule has 1 saturated heterocycles. The van der Waals surface area contributed by atoms with E-state index in [2.05, 4.69) is 21.2 Å². The normalized spacial score (nSPS) is 33.2. The summed E-state index contributed by atoms with van der Waals surface area (Å²) in [5, 5.41) is 3.00. The fourth-order valence-electron chi connectivity index (χ4n) is 3.81. The van der Waals surface area contributed by atoms with Crippen LogP contribution in [0.3, 0.4) is 0 Å². The Morgan fingerprint density at radius 3 is 2.90 bits per heavy atom. The number of ether oxygens (including phenoxy) is 1. The molecule has 0 aromatic heterocycles. The summed E-state index contributed by atoms with van der Waals surface area (Å²) >= 11 is 3.47. The first-order valence-electron chi connectivity index (χ1n) is 7.26. The molecule has 4 nitrogen and oxygen atoms in total. The van der Waals surface area contributed by atoms with Gasteiger partial charge in [0.1, 0.15) is 5.54 Å². The first kappa shape index (κ1) is 15.0. The van der Waals surface area contributed by atoms with Crippen LogP contribution in [0.1, 0.15) is 25.8 Å². The summed E-state index contributed by atoms with van der Waals surface area (Å²) in [5.41, 5.74) is 7.17. The molecule has 3 unspecified atom stereocenters. The maximum absolute atomic E-state index is 12.8. The van der Waals surface area contributed by atoms with Gasteiger partial charge >= 0.3 is 0 Å². The van der Waals surface area contributed by atoms with Gasteiger partial charge in [-0.05, 0) is 47.0 Å². The molecule has 3 rings (SSSR count). The largest absolute Gasteiger partial charge is 0.377 e. The molecule has 1 aromatic rings. The van der Waals surface area contributed by atoms with Gasteiger partial charge in [0.25, 0.3) is 0 Å². The Labute approximate surface area is 133 Å². The molecule has 3 N–H and O–H groups in total. The molecule has 0 bridgehead atoms. The van der Waals surface area contributed by atoms with Crippen LogP contribution in [0.15, 0.2) is 22.7 Å². The first-order chi connectivity index (χ1) is 9.78. The Bertz CT molecular complexity index is 602. The van der Waals surface area contributed by atoms with E-state index >= 15 is 0 Å². The third-order valence-electron chi connectivity index (χ3n) is 5.20. The lowest BCUT2D eigenvalue weighted by atomic mass is 9.48. The molecule has 1 aliphatic heterocycles. The number of hydrogen-bond acceptors (Lipinski definition) is 3. The van der Waals surface area contributed by atoms with E-state index < -0.39 is 5.54 Å². The number of carbonyl (C=O) groups excluding carboxylic acids is 1. The van der Waals surface area contributed by atoms with E-state index in [0.717, 1.165) is 22.1 Å². The zero-order valence-corrected chi connectivity index (χ0v) is 14.2. The number of nitrogens with one attached hydrogen (secondary N) is 1. The summed E-state index contributed by atoms with van der Waals surface area (Å²) in [6, 6.07) is 5.87. The van der Waals surface area contributed by atoms with Crippen LogP contribution in [-0.2, 0) is 9.53 Å². The lowest BCUT2D eigenvalue weighted by molar-refractivity contribution is -0.170. The highest BCUT2D eigenvalue weighted by Gasteiger charge is 2.71. The summed E-state index contributed by atoms with van der Waals surface area (Å²) < 4.78 is 6.60. The zero-order chi connectivity index (χ0) is 15.4. The number of halogens is 1. The average Bonchev–Trinajstić information content (AvgIpc) is 2.90. The van der Waals surface area contributed by atoms with Crippen molar-refractivity contribution in [2.75, 3.05) is 11.9 Å². The van der Waals surface area contributed by atoms with Crippen LogP contribution in [0.2, 0.25) is 0 Å².